The second-order valence-corrected chi connectivity index (χ2v) is 5.35. The van der Waals surface area contributed by atoms with E-state index < -0.39 is 5.82 Å². The van der Waals surface area contributed by atoms with Crippen LogP contribution >= 0.6 is 23.2 Å². The van der Waals surface area contributed by atoms with Crippen molar-refractivity contribution >= 4 is 34.8 Å². The van der Waals surface area contributed by atoms with Crippen molar-refractivity contribution in [3.63, 3.8) is 0 Å². The monoisotopic (exact) mass is 277 g/mol. The molecule has 0 amide bonds. The maximum Gasteiger partial charge on any atom is 0.193 e. The number of nitrogens with two attached hydrogens (primary N) is 1. The first-order valence-corrected chi connectivity index (χ1v) is 5.71. The quantitative estimate of drug-likeness (QED) is 0.608. The number of nitrogens with zero attached hydrogens (tertiary/aromatic N) is 1. The van der Waals surface area contributed by atoms with Gasteiger partial charge in [0.15, 0.2) is 5.96 Å². The van der Waals surface area contributed by atoms with Gasteiger partial charge in [-0.3, -0.25) is 0 Å². The number of hydrogen-bond donors (Lipinski definition) is 2. The Hall–Kier alpha value is -1.00. The van der Waals surface area contributed by atoms with Gasteiger partial charge in [0.25, 0.3) is 0 Å². The normalized spacial score (nSPS) is 12.7. The van der Waals surface area contributed by atoms with Crippen molar-refractivity contribution in [2.45, 2.75) is 26.3 Å². The molecule has 0 bridgehead atoms. The number of hydrogen-bond acceptors (Lipinski definition) is 1. The molecule has 1 aromatic carbocycles. The Morgan fingerprint density at radius 2 is 1.76 bits per heavy atom. The predicted molar refractivity (Wildman–Crippen MR) is 71.4 cm³/mol. The van der Waals surface area contributed by atoms with E-state index in [1.807, 2.05) is 20.8 Å². The minimum Gasteiger partial charge on any atom is -0.370 e. The largest absolute Gasteiger partial charge is 0.370 e. The molecule has 0 saturated carbocycles. The van der Waals surface area contributed by atoms with Gasteiger partial charge < -0.3 is 11.1 Å². The van der Waals surface area contributed by atoms with Crippen molar-refractivity contribution in [2.75, 3.05) is 5.32 Å². The SMILES string of the molecule is CC(C)(C)N=C(N)Nc1c(Cl)cc(F)cc1Cl. The molecule has 0 aromatic heterocycles. The molecule has 0 aliphatic carbocycles. The smallest absolute Gasteiger partial charge is 0.193 e. The average molecular weight is 278 g/mol. The molecule has 94 valence electrons. The Kier molecular flexibility index (Phi) is 4.22. The van der Waals surface area contributed by atoms with Crippen LogP contribution in [0.4, 0.5) is 10.1 Å². The summed E-state index contributed by atoms with van der Waals surface area (Å²) in [4.78, 5) is 4.18. The minimum atomic E-state index is -0.503. The molecule has 0 heterocycles. The molecule has 3 nitrogen and oxygen atoms in total. The first-order valence-electron chi connectivity index (χ1n) is 4.96. The standard InChI is InChI=1S/C11H14Cl2FN3/c1-11(2,3)17-10(15)16-9-7(12)4-6(14)5-8(9)13/h4-5H,1-3H3,(H3,15,16,17). The summed E-state index contributed by atoms with van der Waals surface area (Å²) in [6, 6.07) is 2.31. The van der Waals surface area contributed by atoms with Gasteiger partial charge in [0.1, 0.15) is 5.82 Å². The summed E-state index contributed by atoms with van der Waals surface area (Å²) >= 11 is 11.7. The van der Waals surface area contributed by atoms with Crippen LogP contribution < -0.4 is 11.1 Å². The van der Waals surface area contributed by atoms with Crippen LogP contribution in [0.15, 0.2) is 17.1 Å². The van der Waals surface area contributed by atoms with Crippen LogP contribution in [0.1, 0.15) is 20.8 Å². The molecular formula is C11H14Cl2FN3. The highest BCUT2D eigenvalue weighted by Gasteiger charge is 2.12. The second kappa shape index (κ2) is 5.10. The van der Waals surface area contributed by atoms with E-state index in [-0.39, 0.29) is 21.5 Å². The number of anilines is 1. The minimum absolute atomic E-state index is 0.155. The lowest BCUT2D eigenvalue weighted by Crippen LogP contribution is -2.27. The van der Waals surface area contributed by atoms with E-state index in [0.29, 0.717) is 5.69 Å². The zero-order valence-electron chi connectivity index (χ0n) is 9.81. The number of nitrogens with one attached hydrogen (secondary N) is 1. The Balaban J connectivity index is 3.01. The number of rotatable bonds is 1. The van der Waals surface area contributed by atoms with E-state index in [4.69, 9.17) is 28.9 Å². The molecule has 0 spiro atoms. The van der Waals surface area contributed by atoms with Crippen molar-refractivity contribution in [2.24, 2.45) is 10.7 Å². The summed E-state index contributed by atoms with van der Waals surface area (Å²) in [5.74, 6) is -0.329. The molecule has 0 saturated heterocycles. The van der Waals surface area contributed by atoms with Gasteiger partial charge in [-0.1, -0.05) is 23.2 Å². The number of halogens is 3. The molecule has 0 atom stereocenters. The summed E-state index contributed by atoms with van der Waals surface area (Å²) in [5.41, 5.74) is 5.72. The molecule has 1 rings (SSSR count). The van der Waals surface area contributed by atoms with Crippen LogP contribution in [0.2, 0.25) is 10.0 Å². The van der Waals surface area contributed by atoms with Crippen molar-refractivity contribution in [1.29, 1.82) is 0 Å². The van der Waals surface area contributed by atoms with Gasteiger partial charge in [-0.25, -0.2) is 9.38 Å². The molecule has 6 heteroatoms. The van der Waals surface area contributed by atoms with Crippen molar-refractivity contribution in [3.05, 3.63) is 28.0 Å². The van der Waals surface area contributed by atoms with Crippen molar-refractivity contribution < 1.29 is 4.39 Å². The van der Waals surface area contributed by atoms with Gasteiger partial charge in [-0.15, -0.1) is 0 Å². The fourth-order valence-electron chi connectivity index (χ4n) is 1.18. The van der Waals surface area contributed by atoms with Crippen LogP contribution in [0.3, 0.4) is 0 Å². The Labute approximate surface area is 110 Å². The van der Waals surface area contributed by atoms with E-state index in [1.54, 1.807) is 0 Å². The van der Waals surface area contributed by atoms with Crippen LogP contribution in [0.5, 0.6) is 0 Å². The Morgan fingerprint density at radius 3 is 2.18 bits per heavy atom. The zero-order chi connectivity index (χ0) is 13.2. The molecule has 1 aromatic rings. The van der Waals surface area contributed by atoms with Gasteiger partial charge in [0, 0.05) is 0 Å². The lowest BCUT2D eigenvalue weighted by Gasteiger charge is -2.15. The third kappa shape index (κ3) is 4.40. The number of benzene rings is 1. The highest BCUT2D eigenvalue weighted by atomic mass is 35.5. The van der Waals surface area contributed by atoms with E-state index in [9.17, 15) is 4.39 Å². The topological polar surface area (TPSA) is 50.4 Å². The van der Waals surface area contributed by atoms with E-state index >= 15 is 0 Å². The summed E-state index contributed by atoms with van der Waals surface area (Å²) in [7, 11) is 0. The molecule has 0 aliphatic heterocycles. The molecule has 0 fully saturated rings. The molecule has 0 aliphatic rings. The Bertz CT molecular complexity index is 430. The van der Waals surface area contributed by atoms with Gasteiger partial charge in [0.2, 0.25) is 0 Å². The summed E-state index contributed by atoms with van der Waals surface area (Å²) in [6.45, 7) is 5.69. The highest BCUT2D eigenvalue weighted by molar-refractivity contribution is 6.39. The molecular weight excluding hydrogens is 264 g/mol. The number of guanidine groups is 1. The first-order chi connectivity index (χ1) is 7.69. The zero-order valence-corrected chi connectivity index (χ0v) is 11.3. The number of aliphatic imine (C=N–C) groups is 1. The molecule has 0 unspecified atom stereocenters. The second-order valence-electron chi connectivity index (χ2n) is 4.54. The highest BCUT2D eigenvalue weighted by Crippen LogP contribution is 2.31. The predicted octanol–water partition coefficient (Wildman–Crippen LogP) is 3.66. The van der Waals surface area contributed by atoms with Crippen LogP contribution in [-0.2, 0) is 0 Å². The molecule has 0 radical (unpaired) electrons. The maximum atomic E-state index is 13.0. The molecule has 17 heavy (non-hydrogen) atoms. The van der Waals surface area contributed by atoms with E-state index in [1.165, 1.54) is 0 Å². The summed E-state index contributed by atoms with van der Waals surface area (Å²) < 4.78 is 13.0. The maximum absolute atomic E-state index is 13.0. The van der Waals surface area contributed by atoms with Crippen LogP contribution in [0, 0.1) is 5.82 Å². The van der Waals surface area contributed by atoms with Crippen molar-refractivity contribution in [3.8, 4) is 0 Å². The fourth-order valence-corrected chi connectivity index (χ4v) is 1.73. The lowest BCUT2D eigenvalue weighted by atomic mass is 10.1. The van der Waals surface area contributed by atoms with Gasteiger partial charge in [-0.05, 0) is 32.9 Å². The van der Waals surface area contributed by atoms with Crippen molar-refractivity contribution in [1.82, 2.24) is 0 Å². The Morgan fingerprint density at radius 1 is 1.29 bits per heavy atom. The fraction of sp³-hybridized carbons (Fsp3) is 0.364. The van der Waals surface area contributed by atoms with Gasteiger partial charge in [-0.2, -0.15) is 0 Å². The van der Waals surface area contributed by atoms with Gasteiger partial charge in [0.05, 0.1) is 21.3 Å². The van der Waals surface area contributed by atoms with Crippen LogP contribution in [0.25, 0.3) is 0 Å². The lowest BCUT2D eigenvalue weighted by molar-refractivity contribution is 0.583. The van der Waals surface area contributed by atoms with Gasteiger partial charge >= 0.3 is 0 Å². The third-order valence-electron chi connectivity index (χ3n) is 1.72. The summed E-state index contributed by atoms with van der Waals surface area (Å²) in [6.07, 6.45) is 0. The first kappa shape index (κ1) is 14.1. The third-order valence-corrected chi connectivity index (χ3v) is 2.31. The van der Waals surface area contributed by atoms with Crippen LogP contribution in [-0.4, -0.2) is 11.5 Å². The average Bonchev–Trinajstić information content (AvgIpc) is 2.08. The van der Waals surface area contributed by atoms with E-state index in [2.05, 4.69) is 10.3 Å². The van der Waals surface area contributed by atoms with E-state index in [0.717, 1.165) is 12.1 Å². The molecule has 3 N–H and O–H groups in total. The summed E-state index contributed by atoms with van der Waals surface area (Å²) in [5, 5.41) is 3.07.